The number of nitrogens with zero attached hydrogens (tertiary/aromatic N) is 1. The van der Waals surface area contributed by atoms with Gasteiger partial charge in [-0.3, -0.25) is 9.59 Å². The minimum atomic E-state index is -0.826. The molecule has 0 radical (unpaired) electrons. The average molecular weight is 737 g/mol. The molecule has 0 bridgehead atoms. The van der Waals surface area contributed by atoms with E-state index in [1.54, 1.807) is 0 Å². The molecule has 1 aliphatic heterocycles. The zero-order valence-electron chi connectivity index (χ0n) is 34.5. The van der Waals surface area contributed by atoms with Gasteiger partial charge in [0.15, 0.2) is 6.10 Å². The quantitative estimate of drug-likeness (QED) is 0.0383. The van der Waals surface area contributed by atoms with Crippen LogP contribution < -0.4 is 5.32 Å². The van der Waals surface area contributed by atoms with Crippen LogP contribution >= 0.6 is 0 Å². The van der Waals surface area contributed by atoms with Crippen molar-refractivity contribution >= 4 is 18.0 Å². The second-order valence-corrected chi connectivity index (χ2v) is 15.9. The predicted octanol–water partition coefficient (Wildman–Crippen LogP) is 12.0. The fourth-order valence-corrected chi connectivity index (χ4v) is 7.06. The molecule has 0 aromatic carbocycles. The van der Waals surface area contributed by atoms with Gasteiger partial charge >= 0.3 is 18.0 Å². The lowest BCUT2D eigenvalue weighted by Crippen LogP contribution is -2.58. The summed E-state index contributed by atoms with van der Waals surface area (Å²) in [5, 5.41) is 2.84. The van der Waals surface area contributed by atoms with E-state index < -0.39 is 12.2 Å². The van der Waals surface area contributed by atoms with Gasteiger partial charge in [0.05, 0.1) is 6.04 Å². The number of unbranched alkanes of at least 4 members (excludes halogenated alkanes) is 28. The Labute approximate surface area is 321 Å². The van der Waals surface area contributed by atoms with Crippen LogP contribution in [0.3, 0.4) is 0 Å². The fraction of sp³-hybridized carbons (Fsp3) is 0.932. The van der Waals surface area contributed by atoms with E-state index in [1.807, 2.05) is 7.05 Å². The summed E-state index contributed by atoms with van der Waals surface area (Å²) < 4.78 is 16.5. The Morgan fingerprint density at radius 3 is 1.08 bits per heavy atom. The number of rotatable bonds is 38. The monoisotopic (exact) mass is 737 g/mol. The van der Waals surface area contributed by atoms with Crippen molar-refractivity contribution in [3.8, 4) is 0 Å². The van der Waals surface area contributed by atoms with E-state index in [0.29, 0.717) is 12.8 Å². The summed E-state index contributed by atoms with van der Waals surface area (Å²) in [6.07, 6.45) is 37.6. The molecule has 0 spiro atoms. The number of hydrogen-bond donors (Lipinski definition) is 1. The lowest BCUT2D eigenvalue weighted by molar-refractivity contribution is -0.152. The number of likely N-dealkylation sites (tertiary alicyclic amines) is 1. The molecule has 0 unspecified atom stereocenters. The molecule has 52 heavy (non-hydrogen) atoms. The fourth-order valence-electron chi connectivity index (χ4n) is 7.06. The average Bonchev–Trinajstić information content (AvgIpc) is 3.12. The van der Waals surface area contributed by atoms with Crippen LogP contribution in [0.4, 0.5) is 4.79 Å². The zero-order valence-corrected chi connectivity index (χ0v) is 34.5. The number of likely N-dealkylation sites (N-methyl/N-ethyl adjacent to an activating group) is 1. The summed E-state index contributed by atoms with van der Waals surface area (Å²) in [7, 11) is 1.99. The third-order valence-corrected chi connectivity index (χ3v) is 10.5. The van der Waals surface area contributed by atoms with E-state index >= 15 is 0 Å². The molecule has 1 aliphatic rings. The number of carbonyl (C=O) groups is 3. The minimum absolute atomic E-state index is 0.0402. The molecule has 0 aliphatic carbocycles. The second kappa shape index (κ2) is 36.2. The number of nitrogens with one attached hydrogen (secondary N) is 1. The molecule has 1 N–H and O–H groups in total. The predicted molar refractivity (Wildman–Crippen MR) is 216 cm³/mol. The second-order valence-electron chi connectivity index (χ2n) is 15.9. The van der Waals surface area contributed by atoms with Crippen molar-refractivity contribution in [2.75, 3.05) is 33.4 Å². The number of alkyl carbamates (subject to hydrolysis) is 1. The first kappa shape index (κ1) is 48.2. The van der Waals surface area contributed by atoms with Crippen molar-refractivity contribution < 1.29 is 28.6 Å². The van der Waals surface area contributed by atoms with Crippen LogP contribution in [0.25, 0.3) is 0 Å². The largest absolute Gasteiger partial charge is 0.462 e. The highest BCUT2D eigenvalue weighted by Crippen LogP contribution is 2.16. The van der Waals surface area contributed by atoms with Gasteiger partial charge in [-0.1, -0.05) is 194 Å². The summed E-state index contributed by atoms with van der Waals surface area (Å²) in [5.74, 6) is -0.595. The molecule has 8 heteroatoms. The molecule has 0 atom stereocenters. The van der Waals surface area contributed by atoms with Gasteiger partial charge in [0, 0.05) is 25.9 Å². The molecule has 1 fully saturated rings. The van der Waals surface area contributed by atoms with Gasteiger partial charge in [0.25, 0.3) is 0 Å². The molecule has 0 aromatic heterocycles. The van der Waals surface area contributed by atoms with Gasteiger partial charge in [-0.05, 0) is 19.9 Å². The van der Waals surface area contributed by atoms with E-state index in [4.69, 9.17) is 14.2 Å². The normalized spacial score (nSPS) is 13.3. The molecule has 0 aromatic rings. The van der Waals surface area contributed by atoms with Gasteiger partial charge in [-0.15, -0.1) is 0 Å². The van der Waals surface area contributed by atoms with Crippen LogP contribution in [-0.4, -0.2) is 68.4 Å². The SMILES string of the molecule is CCCCCCCCCCCCCCCCCC(=O)OCC(COC(=O)CCCCCCCCCCCCCCCCC)OC(=O)NC1CN(C)C1. The topological polar surface area (TPSA) is 94.2 Å². The van der Waals surface area contributed by atoms with Crippen molar-refractivity contribution in [3.05, 3.63) is 0 Å². The molecule has 1 saturated heterocycles. The summed E-state index contributed by atoms with van der Waals surface area (Å²) in [4.78, 5) is 39.5. The lowest BCUT2D eigenvalue weighted by Gasteiger charge is -2.36. The maximum atomic E-state index is 12.5. The van der Waals surface area contributed by atoms with Gasteiger partial charge in [-0.2, -0.15) is 0 Å². The molecule has 1 rings (SSSR count). The molecule has 0 saturated carbocycles. The van der Waals surface area contributed by atoms with Crippen molar-refractivity contribution in [3.63, 3.8) is 0 Å². The van der Waals surface area contributed by atoms with E-state index in [2.05, 4.69) is 24.1 Å². The number of carbonyl (C=O) groups excluding carboxylic acids is 3. The highest BCUT2D eigenvalue weighted by atomic mass is 16.6. The van der Waals surface area contributed by atoms with Crippen molar-refractivity contribution in [1.29, 1.82) is 0 Å². The van der Waals surface area contributed by atoms with Crippen LogP contribution in [-0.2, 0) is 23.8 Å². The zero-order chi connectivity index (χ0) is 37.7. The summed E-state index contributed by atoms with van der Waals surface area (Å²) >= 11 is 0. The molecule has 306 valence electrons. The van der Waals surface area contributed by atoms with Crippen LogP contribution in [0.5, 0.6) is 0 Å². The first-order valence-electron chi connectivity index (χ1n) is 22.4. The van der Waals surface area contributed by atoms with Gasteiger partial charge in [0.1, 0.15) is 13.2 Å². The Balaban J connectivity index is 2.12. The number of ether oxygens (including phenoxy) is 3. The standard InChI is InChI=1S/C44H84N2O6/c1-4-6-8-10-12-14-16-18-20-22-24-26-28-30-32-34-42(47)50-38-41(52-44(49)45-40-36-46(3)37-40)39-51-43(48)35-33-31-29-27-25-23-21-19-17-15-13-11-9-7-5-2/h40-41H,4-39H2,1-3H3,(H,45,49). The van der Waals surface area contributed by atoms with E-state index in [9.17, 15) is 14.4 Å². The Kier molecular flexibility index (Phi) is 33.5. The van der Waals surface area contributed by atoms with E-state index in [-0.39, 0.29) is 31.2 Å². The summed E-state index contributed by atoms with van der Waals surface area (Å²) in [5.41, 5.74) is 0. The smallest absolute Gasteiger partial charge is 0.407 e. The Morgan fingerprint density at radius 1 is 0.500 bits per heavy atom. The molecule has 1 heterocycles. The summed E-state index contributed by atoms with van der Waals surface area (Å²) in [6.45, 7) is 5.85. The van der Waals surface area contributed by atoms with Crippen molar-refractivity contribution in [1.82, 2.24) is 10.2 Å². The highest BCUT2D eigenvalue weighted by Gasteiger charge is 2.27. The van der Waals surface area contributed by atoms with Gasteiger partial charge < -0.3 is 24.4 Å². The highest BCUT2D eigenvalue weighted by molar-refractivity contribution is 5.70. The van der Waals surface area contributed by atoms with Crippen molar-refractivity contribution in [2.24, 2.45) is 0 Å². The Bertz CT molecular complexity index is 784. The first-order chi connectivity index (χ1) is 25.4. The molecular formula is C44H84N2O6. The maximum Gasteiger partial charge on any atom is 0.407 e. The maximum absolute atomic E-state index is 12.5. The molecule has 8 nitrogen and oxygen atoms in total. The third kappa shape index (κ3) is 31.7. The first-order valence-corrected chi connectivity index (χ1v) is 22.4. The van der Waals surface area contributed by atoms with Crippen LogP contribution in [0, 0.1) is 0 Å². The van der Waals surface area contributed by atoms with E-state index in [0.717, 1.165) is 51.6 Å². The Morgan fingerprint density at radius 2 is 0.788 bits per heavy atom. The van der Waals surface area contributed by atoms with Crippen LogP contribution in [0.2, 0.25) is 0 Å². The Hall–Kier alpha value is -1.83. The molecule has 1 amide bonds. The third-order valence-electron chi connectivity index (χ3n) is 10.5. The molecular weight excluding hydrogens is 652 g/mol. The van der Waals surface area contributed by atoms with Gasteiger partial charge in [-0.25, -0.2) is 4.79 Å². The van der Waals surface area contributed by atoms with Crippen molar-refractivity contribution in [2.45, 2.75) is 231 Å². The minimum Gasteiger partial charge on any atom is -0.462 e. The number of amides is 1. The van der Waals surface area contributed by atoms with Crippen LogP contribution in [0.1, 0.15) is 219 Å². The van der Waals surface area contributed by atoms with E-state index in [1.165, 1.54) is 154 Å². The number of esters is 2. The van der Waals surface area contributed by atoms with Gasteiger partial charge in [0.2, 0.25) is 0 Å². The lowest BCUT2D eigenvalue weighted by atomic mass is 10.0. The van der Waals surface area contributed by atoms with Crippen LogP contribution in [0.15, 0.2) is 0 Å². The number of hydrogen-bond acceptors (Lipinski definition) is 7. The summed E-state index contributed by atoms with van der Waals surface area (Å²) in [6, 6.07) is 0.0402.